The maximum absolute atomic E-state index is 12.9. The second kappa shape index (κ2) is 6.37. The minimum absolute atomic E-state index is 0.00560. The lowest BCUT2D eigenvalue weighted by atomic mass is 9.92. The number of imide groups is 1. The third-order valence-electron chi connectivity index (χ3n) is 4.30. The SMILES string of the molecule is CC1(c2ccc(S(C)(=O)=O)cc2)NC(=O)N(Cc2cccnc2Cl)C1=O. The standard InChI is InChI=1S/C17H16ClN3O4S/c1-17(12-5-7-13(8-6-12)26(2,24)25)15(22)21(16(23)20-17)10-11-4-3-9-19-14(11)18/h3-9H,10H2,1-2H3,(H,20,23). The molecule has 0 radical (unpaired) electrons. The number of amides is 3. The van der Waals surface area contributed by atoms with Gasteiger partial charge in [0.2, 0.25) is 0 Å². The number of pyridine rings is 1. The summed E-state index contributed by atoms with van der Waals surface area (Å²) < 4.78 is 23.2. The molecule has 1 unspecified atom stereocenters. The molecule has 1 saturated heterocycles. The van der Waals surface area contributed by atoms with Crippen molar-refractivity contribution in [1.29, 1.82) is 0 Å². The van der Waals surface area contributed by atoms with Gasteiger partial charge in [-0.3, -0.25) is 9.69 Å². The number of nitrogens with one attached hydrogen (secondary N) is 1. The minimum Gasteiger partial charge on any atom is -0.319 e. The Hall–Kier alpha value is -2.45. The van der Waals surface area contributed by atoms with Gasteiger partial charge in [0.25, 0.3) is 5.91 Å². The smallest absolute Gasteiger partial charge is 0.319 e. The fraction of sp³-hybridized carbons (Fsp3) is 0.235. The van der Waals surface area contributed by atoms with Gasteiger partial charge in [-0.1, -0.05) is 29.8 Å². The minimum atomic E-state index is -3.35. The largest absolute Gasteiger partial charge is 0.325 e. The highest BCUT2D eigenvalue weighted by atomic mass is 35.5. The van der Waals surface area contributed by atoms with Crippen molar-refractivity contribution in [1.82, 2.24) is 15.2 Å². The van der Waals surface area contributed by atoms with Gasteiger partial charge < -0.3 is 5.32 Å². The van der Waals surface area contributed by atoms with E-state index < -0.39 is 27.3 Å². The van der Waals surface area contributed by atoms with Crippen LogP contribution in [0.5, 0.6) is 0 Å². The Morgan fingerprint density at radius 2 is 1.85 bits per heavy atom. The number of urea groups is 1. The number of halogens is 1. The molecule has 1 aliphatic rings. The van der Waals surface area contributed by atoms with Gasteiger partial charge in [-0.2, -0.15) is 0 Å². The first kappa shape index (κ1) is 18.3. The first-order valence-electron chi connectivity index (χ1n) is 7.67. The molecule has 0 saturated carbocycles. The molecule has 1 atom stereocenters. The number of carbonyl (C=O) groups is 2. The summed E-state index contributed by atoms with van der Waals surface area (Å²) in [6, 6.07) is 8.68. The molecule has 7 nitrogen and oxygen atoms in total. The zero-order chi connectivity index (χ0) is 19.1. The normalized spacial score (nSPS) is 20.3. The van der Waals surface area contributed by atoms with Gasteiger partial charge in [-0.25, -0.2) is 18.2 Å². The molecular weight excluding hydrogens is 378 g/mol. The highest BCUT2D eigenvalue weighted by Gasteiger charge is 2.49. The molecule has 0 bridgehead atoms. The molecule has 3 rings (SSSR count). The second-order valence-electron chi connectivity index (χ2n) is 6.20. The van der Waals surface area contributed by atoms with E-state index in [9.17, 15) is 18.0 Å². The van der Waals surface area contributed by atoms with Crippen LogP contribution in [-0.4, -0.2) is 36.5 Å². The molecule has 2 aromatic rings. The third kappa shape index (κ3) is 3.17. The van der Waals surface area contributed by atoms with Crippen molar-refractivity contribution in [3.05, 3.63) is 58.9 Å². The Kier molecular flexibility index (Phi) is 4.49. The van der Waals surface area contributed by atoms with Crippen molar-refractivity contribution >= 4 is 33.4 Å². The zero-order valence-electron chi connectivity index (χ0n) is 14.1. The Morgan fingerprint density at radius 1 is 1.19 bits per heavy atom. The van der Waals surface area contributed by atoms with Gasteiger partial charge in [0.1, 0.15) is 10.7 Å². The van der Waals surface area contributed by atoms with Crippen LogP contribution in [0.1, 0.15) is 18.1 Å². The summed E-state index contributed by atoms with van der Waals surface area (Å²) in [5.74, 6) is -0.450. The fourth-order valence-electron chi connectivity index (χ4n) is 2.78. The monoisotopic (exact) mass is 393 g/mol. The first-order chi connectivity index (χ1) is 12.1. The van der Waals surface area contributed by atoms with Crippen LogP contribution >= 0.6 is 11.6 Å². The Morgan fingerprint density at radius 3 is 2.42 bits per heavy atom. The van der Waals surface area contributed by atoms with Crippen LogP contribution in [0.15, 0.2) is 47.5 Å². The van der Waals surface area contributed by atoms with Crippen molar-refractivity contribution in [2.75, 3.05) is 6.26 Å². The van der Waals surface area contributed by atoms with Gasteiger partial charge in [-0.15, -0.1) is 0 Å². The van der Waals surface area contributed by atoms with Crippen molar-refractivity contribution in [3.8, 4) is 0 Å². The maximum Gasteiger partial charge on any atom is 0.325 e. The number of aromatic nitrogens is 1. The maximum atomic E-state index is 12.9. The molecule has 26 heavy (non-hydrogen) atoms. The van der Waals surface area contributed by atoms with Crippen LogP contribution in [0, 0.1) is 0 Å². The van der Waals surface area contributed by atoms with Crippen molar-refractivity contribution < 1.29 is 18.0 Å². The zero-order valence-corrected chi connectivity index (χ0v) is 15.6. The van der Waals surface area contributed by atoms with E-state index >= 15 is 0 Å². The third-order valence-corrected chi connectivity index (χ3v) is 5.77. The van der Waals surface area contributed by atoms with Gasteiger partial charge in [0.05, 0.1) is 11.4 Å². The lowest BCUT2D eigenvalue weighted by Crippen LogP contribution is -2.40. The van der Waals surface area contributed by atoms with Crippen LogP contribution in [-0.2, 0) is 26.7 Å². The number of carbonyl (C=O) groups excluding carboxylic acids is 2. The summed E-state index contributed by atoms with van der Waals surface area (Å²) in [4.78, 5) is 30.4. The fourth-order valence-corrected chi connectivity index (χ4v) is 3.59. The van der Waals surface area contributed by atoms with E-state index in [1.54, 1.807) is 19.1 Å². The molecule has 1 fully saturated rings. The van der Waals surface area contributed by atoms with Crippen LogP contribution < -0.4 is 5.32 Å². The number of hydrogen-bond donors (Lipinski definition) is 1. The summed E-state index contributed by atoms with van der Waals surface area (Å²) in [7, 11) is -3.35. The van der Waals surface area contributed by atoms with Crippen LogP contribution in [0.25, 0.3) is 0 Å². The number of benzene rings is 1. The lowest BCUT2D eigenvalue weighted by Gasteiger charge is -2.22. The molecular formula is C17H16ClN3O4S. The van der Waals surface area contributed by atoms with Crippen molar-refractivity contribution in [2.45, 2.75) is 23.9 Å². The molecule has 1 aromatic heterocycles. The molecule has 9 heteroatoms. The van der Waals surface area contributed by atoms with Crippen LogP contribution in [0.2, 0.25) is 5.15 Å². The molecule has 0 spiro atoms. The van der Waals surface area contributed by atoms with E-state index in [1.807, 2.05) is 0 Å². The molecule has 1 aliphatic heterocycles. The molecule has 1 aromatic carbocycles. The molecule has 136 valence electrons. The topological polar surface area (TPSA) is 96.4 Å². The average molecular weight is 394 g/mol. The molecule has 1 N–H and O–H groups in total. The summed E-state index contributed by atoms with van der Waals surface area (Å²) in [6.45, 7) is 1.57. The van der Waals surface area contributed by atoms with E-state index in [2.05, 4.69) is 10.3 Å². The number of rotatable bonds is 4. The van der Waals surface area contributed by atoms with Crippen LogP contribution in [0.4, 0.5) is 4.79 Å². The van der Waals surface area contributed by atoms with Gasteiger partial charge in [0.15, 0.2) is 9.84 Å². The Bertz CT molecular complexity index is 991. The average Bonchev–Trinajstić information content (AvgIpc) is 2.80. The van der Waals surface area contributed by atoms with Gasteiger partial charge in [0, 0.05) is 18.0 Å². The predicted molar refractivity (Wildman–Crippen MR) is 95.2 cm³/mol. The molecule has 2 heterocycles. The van der Waals surface area contributed by atoms with E-state index in [-0.39, 0.29) is 16.6 Å². The molecule has 3 amide bonds. The highest BCUT2D eigenvalue weighted by Crippen LogP contribution is 2.31. The van der Waals surface area contributed by atoms with Gasteiger partial charge in [-0.05, 0) is 30.7 Å². The Balaban J connectivity index is 1.91. The number of hydrogen-bond acceptors (Lipinski definition) is 5. The summed E-state index contributed by atoms with van der Waals surface area (Å²) in [5, 5.41) is 2.89. The lowest BCUT2D eigenvalue weighted by molar-refractivity contribution is -0.131. The van der Waals surface area contributed by atoms with E-state index in [0.29, 0.717) is 11.1 Å². The number of sulfone groups is 1. The number of nitrogens with zero attached hydrogens (tertiary/aromatic N) is 2. The van der Waals surface area contributed by atoms with Crippen molar-refractivity contribution in [3.63, 3.8) is 0 Å². The quantitative estimate of drug-likeness (QED) is 0.633. The molecule has 0 aliphatic carbocycles. The van der Waals surface area contributed by atoms with Crippen LogP contribution in [0.3, 0.4) is 0 Å². The second-order valence-corrected chi connectivity index (χ2v) is 8.57. The van der Waals surface area contributed by atoms with E-state index in [0.717, 1.165) is 11.2 Å². The van der Waals surface area contributed by atoms with Crippen molar-refractivity contribution in [2.24, 2.45) is 0 Å². The summed E-state index contributed by atoms with van der Waals surface area (Å²) in [6.07, 6.45) is 2.62. The predicted octanol–water partition coefficient (Wildman–Crippen LogP) is 2.11. The first-order valence-corrected chi connectivity index (χ1v) is 9.94. The van der Waals surface area contributed by atoms with Gasteiger partial charge >= 0.3 is 6.03 Å². The van der Waals surface area contributed by atoms with E-state index in [4.69, 9.17) is 11.6 Å². The highest BCUT2D eigenvalue weighted by molar-refractivity contribution is 7.90. The summed E-state index contributed by atoms with van der Waals surface area (Å²) >= 11 is 6.01. The Labute approximate surface area is 155 Å². The van der Waals surface area contributed by atoms with E-state index in [1.165, 1.54) is 30.5 Å². The summed E-state index contributed by atoms with van der Waals surface area (Å²) in [5.41, 5.74) is -0.251.